The lowest BCUT2D eigenvalue weighted by molar-refractivity contribution is -0.143. The second kappa shape index (κ2) is 5.24. The topological polar surface area (TPSA) is 49.3 Å². The molecule has 0 spiro atoms. The lowest BCUT2D eigenvalue weighted by atomic mass is 9.72. The highest BCUT2D eigenvalue weighted by Crippen LogP contribution is 2.43. The first-order valence-corrected chi connectivity index (χ1v) is 7.29. The molecule has 2 atom stereocenters. The molecule has 0 aromatic heterocycles. The SMILES string of the molecule is CC1CCC(Nc2ccccc2)(C(=O)O)c2ccccc21. The van der Waals surface area contributed by atoms with Gasteiger partial charge in [-0.3, -0.25) is 0 Å². The number of benzene rings is 2. The molecule has 0 saturated heterocycles. The van der Waals surface area contributed by atoms with Gasteiger partial charge in [0.15, 0.2) is 5.54 Å². The highest BCUT2D eigenvalue weighted by molar-refractivity contribution is 5.85. The Morgan fingerprint density at radius 1 is 1.14 bits per heavy atom. The van der Waals surface area contributed by atoms with E-state index >= 15 is 0 Å². The molecule has 1 aliphatic carbocycles. The third kappa shape index (κ3) is 2.29. The fraction of sp³-hybridized carbons (Fsp3) is 0.278. The molecule has 0 fully saturated rings. The molecule has 0 bridgehead atoms. The van der Waals surface area contributed by atoms with Crippen LogP contribution in [0, 0.1) is 0 Å². The van der Waals surface area contributed by atoms with Gasteiger partial charge >= 0.3 is 5.97 Å². The van der Waals surface area contributed by atoms with Crippen molar-refractivity contribution in [2.75, 3.05) is 5.32 Å². The standard InChI is InChI=1S/C18H19NO2/c1-13-11-12-18(17(20)21,16-10-6-5-9-15(13)16)19-14-7-3-2-4-8-14/h2-10,13,19H,11-12H2,1H3,(H,20,21). The number of rotatable bonds is 3. The van der Waals surface area contributed by atoms with Crippen molar-refractivity contribution in [3.8, 4) is 0 Å². The lowest BCUT2D eigenvalue weighted by Crippen LogP contribution is -2.46. The first kappa shape index (κ1) is 13.7. The second-order valence-electron chi connectivity index (χ2n) is 5.73. The van der Waals surface area contributed by atoms with Gasteiger partial charge in [-0.25, -0.2) is 4.79 Å². The molecule has 0 heterocycles. The van der Waals surface area contributed by atoms with Crippen LogP contribution in [0.5, 0.6) is 0 Å². The molecule has 0 radical (unpaired) electrons. The molecular formula is C18H19NO2. The van der Waals surface area contributed by atoms with Crippen LogP contribution in [0.2, 0.25) is 0 Å². The Labute approximate surface area is 124 Å². The van der Waals surface area contributed by atoms with E-state index in [9.17, 15) is 9.90 Å². The number of para-hydroxylation sites is 1. The number of carbonyl (C=O) groups is 1. The smallest absolute Gasteiger partial charge is 0.334 e. The normalized spacial score (nSPS) is 24.1. The van der Waals surface area contributed by atoms with Gasteiger partial charge in [0.05, 0.1) is 0 Å². The van der Waals surface area contributed by atoms with Crippen LogP contribution in [0.25, 0.3) is 0 Å². The third-order valence-electron chi connectivity index (χ3n) is 4.40. The summed E-state index contributed by atoms with van der Waals surface area (Å²) >= 11 is 0. The van der Waals surface area contributed by atoms with E-state index in [1.54, 1.807) is 0 Å². The summed E-state index contributed by atoms with van der Waals surface area (Å²) in [6.45, 7) is 2.16. The van der Waals surface area contributed by atoms with Crippen molar-refractivity contribution < 1.29 is 9.90 Å². The van der Waals surface area contributed by atoms with Gasteiger partial charge in [-0.2, -0.15) is 0 Å². The van der Waals surface area contributed by atoms with Crippen molar-refractivity contribution in [1.82, 2.24) is 0 Å². The van der Waals surface area contributed by atoms with Gasteiger partial charge in [0.25, 0.3) is 0 Å². The number of carboxylic acids is 1. The molecule has 3 nitrogen and oxygen atoms in total. The quantitative estimate of drug-likeness (QED) is 0.894. The first-order valence-electron chi connectivity index (χ1n) is 7.29. The Morgan fingerprint density at radius 3 is 2.52 bits per heavy atom. The number of hydrogen-bond donors (Lipinski definition) is 2. The molecule has 2 N–H and O–H groups in total. The number of hydrogen-bond acceptors (Lipinski definition) is 2. The van der Waals surface area contributed by atoms with E-state index in [-0.39, 0.29) is 0 Å². The van der Waals surface area contributed by atoms with Crippen LogP contribution in [0.15, 0.2) is 54.6 Å². The molecule has 0 amide bonds. The van der Waals surface area contributed by atoms with E-state index in [1.807, 2.05) is 54.6 Å². The largest absolute Gasteiger partial charge is 0.479 e. The molecule has 3 rings (SSSR count). The van der Waals surface area contributed by atoms with E-state index in [2.05, 4.69) is 12.2 Å². The van der Waals surface area contributed by atoms with E-state index in [0.717, 1.165) is 23.2 Å². The Kier molecular flexibility index (Phi) is 3.42. The number of carboxylic acid groups (broad SMARTS) is 1. The van der Waals surface area contributed by atoms with Crippen molar-refractivity contribution in [2.45, 2.75) is 31.2 Å². The van der Waals surface area contributed by atoms with Crippen LogP contribution >= 0.6 is 0 Å². The molecule has 2 unspecified atom stereocenters. The lowest BCUT2D eigenvalue weighted by Gasteiger charge is -2.39. The summed E-state index contributed by atoms with van der Waals surface area (Å²) in [6.07, 6.45) is 1.46. The zero-order valence-electron chi connectivity index (χ0n) is 12.0. The first-order chi connectivity index (χ1) is 10.1. The maximum atomic E-state index is 12.1. The number of fused-ring (bicyclic) bond motifs is 1. The summed E-state index contributed by atoms with van der Waals surface area (Å²) in [4.78, 5) is 12.1. The Morgan fingerprint density at radius 2 is 1.81 bits per heavy atom. The number of aliphatic carboxylic acids is 1. The summed E-state index contributed by atoms with van der Waals surface area (Å²) in [5.74, 6) is -0.419. The third-order valence-corrected chi connectivity index (χ3v) is 4.40. The van der Waals surface area contributed by atoms with Gasteiger partial charge in [-0.05, 0) is 42.0 Å². The zero-order chi connectivity index (χ0) is 14.9. The van der Waals surface area contributed by atoms with E-state index < -0.39 is 11.5 Å². The van der Waals surface area contributed by atoms with Crippen molar-refractivity contribution in [2.24, 2.45) is 0 Å². The predicted molar refractivity (Wildman–Crippen MR) is 83.5 cm³/mol. The van der Waals surface area contributed by atoms with Gasteiger partial charge in [-0.1, -0.05) is 49.4 Å². The van der Waals surface area contributed by atoms with Crippen LogP contribution < -0.4 is 5.32 Å². The molecule has 2 aromatic carbocycles. The summed E-state index contributed by atoms with van der Waals surface area (Å²) in [5, 5.41) is 13.2. The van der Waals surface area contributed by atoms with E-state index in [4.69, 9.17) is 0 Å². The predicted octanol–water partition coefficient (Wildman–Crippen LogP) is 3.98. The fourth-order valence-electron chi connectivity index (χ4n) is 3.21. The summed E-state index contributed by atoms with van der Waals surface area (Å²) in [6, 6.07) is 17.5. The average Bonchev–Trinajstić information content (AvgIpc) is 2.51. The van der Waals surface area contributed by atoms with Crippen LogP contribution in [0.1, 0.15) is 36.8 Å². The molecule has 108 valence electrons. The minimum Gasteiger partial charge on any atom is -0.479 e. The van der Waals surface area contributed by atoms with Gasteiger partial charge < -0.3 is 10.4 Å². The van der Waals surface area contributed by atoms with Crippen LogP contribution in [-0.2, 0) is 10.3 Å². The van der Waals surface area contributed by atoms with Crippen LogP contribution in [0.4, 0.5) is 5.69 Å². The number of anilines is 1. The Balaban J connectivity index is 2.11. The van der Waals surface area contributed by atoms with Crippen molar-refractivity contribution >= 4 is 11.7 Å². The Hall–Kier alpha value is -2.29. The number of nitrogens with one attached hydrogen (secondary N) is 1. The van der Waals surface area contributed by atoms with E-state index in [1.165, 1.54) is 0 Å². The van der Waals surface area contributed by atoms with Crippen molar-refractivity contribution in [3.63, 3.8) is 0 Å². The summed E-state index contributed by atoms with van der Waals surface area (Å²) in [5.41, 5.74) is 1.82. The molecule has 21 heavy (non-hydrogen) atoms. The Bertz CT molecular complexity index is 653. The minimum atomic E-state index is -1.04. The molecule has 3 heteroatoms. The average molecular weight is 281 g/mol. The highest BCUT2D eigenvalue weighted by atomic mass is 16.4. The van der Waals surface area contributed by atoms with Gasteiger partial charge in [-0.15, -0.1) is 0 Å². The highest BCUT2D eigenvalue weighted by Gasteiger charge is 2.45. The zero-order valence-corrected chi connectivity index (χ0v) is 12.0. The second-order valence-corrected chi connectivity index (χ2v) is 5.73. The maximum absolute atomic E-state index is 12.1. The summed E-state index contributed by atoms with van der Waals surface area (Å²) < 4.78 is 0. The molecule has 2 aromatic rings. The van der Waals surface area contributed by atoms with Gasteiger partial charge in [0.1, 0.15) is 0 Å². The van der Waals surface area contributed by atoms with Crippen LogP contribution in [-0.4, -0.2) is 11.1 Å². The molecular weight excluding hydrogens is 262 g/mol. The summed E-state index contributed by atoms with van der Waals surface area (Å²) in [7, 11) is 0. The maximum Gasteiger partial charge on any atom is 0.334 e. The monoisotopic (exact) mass is 281 g/mol. The minimum absolute atomic E-state index is 0.395. The van der Waals surface area contributed by atoms with Gasteiger partial charge in [0, 0.05) is 5.69 Å². The van der Waals surface area contributed by atoms with Crippen molar-refractivity contribution in [3.05, 3.63) is 65.7 Å². The molecule has 0 saturated carbocycles. The molecule has 0 aliphatic heterocycles. The van der Waals surface area contributed by atoms with E-state index in [0.29, 0.717) is 12.3 Å². The van der Waals surface area contributed by atoms with Crippen LogP contribution in [0.3, 0.4) is 0 Å². The van der Waals surface area contributed by atoms with Crippen molar-refractivity contribution in [1.29, 1.82) is 0 Å². The molecule has 1 aliphatic rings. The fourth-order valence-corrected chi connectivity index (χ4v) is 3.21. The van der Waals surface area contributed by atoms with Gasteiger partial charge in [0.2, 0.25) is 0 Å².